The monoisotopic (exact) mass is 484 g/mol. The maximum atomic E-state index is 12.7. The zero-order chi connectivity index (χ0) is 24.8. The van der Waals surface area contributed by atoms with Crippen LogP contribution in [0.25, 0.3) is 6.08 Å². The Balaban J connectivity index is 1.33. The molecule has 0 aliphatic carbocycles. The van der Waals surface area contributed by atoms with Crippen LogP contribution in [0.15, 0.2) is 66.5 Å². The van der Waals surface area contributed by atoms with Crippen molar-refractivity contribution < 1.29 is 27.8 Å². The van der Waals surface area contributed by atoms with E-state index in [1.165, 1.54) is 17.8 Å². The van der Waals surface area contributed by atoms with Gasteiger partial charge in [-0.1, -0.05) is 23.8 Å². The molecule has 1 aliphatic rings. The lowest BCUT2D eigenvalue weighted by molar-refractivity contribution is -0.137. The summed E-state index contributed by atoms with van der Waals surface area (Å²) in [6.07, 6.45) is 1.24. The number of alkyl halides is 3. The van der Waals surface area contributed by atoms with Crippen molar-refractivity contribution in [1.82, 2.24) is 14.9 Å². The van der Waals surface area contributed by atoms with Crippen LogP contribution < -0.4 is 10.1 Å². The van der Waals surface area contributed by atoms with Gasteiger partial charge in [-0.3, -0.25) is 5.32 Å². The molecule has 2 amide bonds. The molecular formula is C25H23F3N4O3. The van der Waals surface area contributed by atoms with E-state index in [0.717, 1.165) is 17.8 Å². The smallest absolute Gasteiger partial charge is 0.417 e. The molecule has 0 radical (unpaired) electrons. The molecule has 1 aromatic carbocycles. The van der Waals surface area contributed by atoms with Crippen molar-refractivity contribution in [2.24, 2.45) is 0 Å². The molecule has 0 atom stereocenters. The number of benzene rings is 1. The molecule has 0 unspecified atom stereocenters. The zero-order valence-corrected chi connectivity index (χ0v) is 18.6. The number of carbonyl (C=O) groups is 1. The summed E-state index contributed by atoms with van der Waals surface area (Å²) in [7, 11) is 0. The fourth-order valence-corrected chi connectivity index (χ4v) is 3.60. The fraction of sp³-hybridized carbons (Fsp3) is 0.240. The predicted octanol–water partition coefficient (Wildman–Crippen LogP) is 5.49. The molecule has 1 aliphatic heterocycles. The van der Waals surface area contributed by atoms with Crippen LogP contribution in [0.5, 0.6) is 11.6 Å². The van der Waals surface area contributed by atoms with Gasteiger partial charge < -0.3 is 14.7 Å². The number of likely N-dealkylation sites (tertiary alicyclic amines) is 1. The number of halogens is 3. The first kappa shape index (κ1) is 24.2. The minimum Gasteiger partial charge on any atom is -0.439 e. The summed E-state index contributed by atoms with van der Waals surface area (Å²) >= 11 is 0. The second-order valence-corrected chi connectivity index (χ2v) is 7.98. The number of hydrogen-bond acceptors (Lipinski definition) is 5. The Labute approximate surface area is 199 Å². The van der Waals surface area contributed by atoms with Crippen LogP contribution in [0, 0.1) is 0 Å². The number of nitrogens with one attached hydrogen (secondary N) is 1. The molecule has 3 aromatic rings. The number of carbonyl (C=O) groups excluding carboxylic acids is 1. The Bertz CT molecular complexity index is 1200. The Hall–Kier alpha value is -3.92. The van der Waals surface area contributed by atoms with Gasteiger partial charge in [0, 0.05) is 31.5 Å². The van der Waals surface area contributed by atoms with Crippen molar-refractivity contribution in [3.05, 3.63) is 83.2 Å². The number of amides is 2. The minimum absolute atomic E-state index is 0.0705. The van der Waals surface area contributed by atoms with Crippen LogP contribution in [0.2, 0.25) is 0 Å². The van der Waals surface area contributed by atoms with Crippen LogP contribution in [-0.2, 0) is 12.8 Å². The summed E-state index contributed by atoms with van der Waals surface area (Å²) in [5, 5.41) is 12.0. The second-order valence-electron chi connectivity index (χ2n) is 7.98. The Morgan fingerprint density at radius 1 is 1.11 bits per heavy atom. The van der Waals surface area contributed by atoms with Crippen molar-refractivity contribution >= 4 is 17.9 Å². The molecule has 0 spiro atoms. The number of hydrogen-bond donors (Lipinski definition) is 2. The first-order valence-electron chi connectivity index (χ1n) is 10.9. The highest BCUT2D eigenvalue weighted by atomic mass is 19.4. The normalized spacial score (nSPS) is 13.9. The summed E-state index contributed by atoms with van der Waals surface area (Å²) in [6.45, 7) is 0.961. The van der Waals surface area contributed by atoms with Gasteiger partial charge in [0.2, 0.25) is 5.88 Å². The van der Waals surface area contributed by atoms with Gasteiger partial charge >= 0.3 is 12.2 Å². The van der Waals surface area contributed by atoms with E-state index in [2.05, 4.69) is 15.3 Å². The third kappa shape index (κ3) is 6.57. The van der Waals surface area contributed by atoms with Gasteiger partial charge in [0.25, 0.3) is 0 Å². The van der Waals surface area contributed by atoms with E-state index in [0.29, 0.717) is 43.1 Å². The number of ether oxygens (including phenoxy) is 1. The lowest BCUT2D eigenvalue weighted by Crippen LogP contribution is -2.39. The molecular weight excluding hydrogens is 461 g/mol. The SMILES string of the molecule is O=C(Nc1cc(CO)ccn1)N1CCC(=Cc2cccc(Oc3ccc(C(F)(F)F)cn3)c2)CC1. The molecule has 2 aromatic heterocycles. The Morgan fingerprint density at radius 3 is 2.60 bits per heavy atom. The number of aliphatic hydroxyl groups is 1. The summed E-state index contributed by atoms with van der Waals surface area (Å²) in [4.78, 5) is 22.1. The predicted molar refractivity (Wildman–Crippen MR) is 124 cm³/mol. The van der Waals surface area contributed by atoms with E-state index in [4.69, 9.17) is 4.74 Å². The number of aromatic nitrogens is 2. The lowest BCUT2D eigenvalue weighted by Gasteiger charge is -2.28. The van der Waals surface area contributed by atoms with Crippen LogP contribution in [-0.4, -0.2) is 39.1 Å². The first-order chi connectivity index (χ1) is 16.8. The molecule has 7 nitrogen and oxygen atoms in total. The van der Waals surface area contributed by atoms with Crippen molar-refractivity contribution in [2.45, 2.75) is 25.6 Å². The second kappa shape index (κ2) is 10.6. The largest absolute Gasteiger partial charge is 0.439 e. The molecule has 1 fully saturated rings. The van der Waals surface area contributed by atoms with Gasteiger partial charge in [-0.2, -0.15) is 13.2 Å². The summed E-state index contributed by atoms with van der Waals surface area (Å²) in [6, 6.07) is 12.4. The number of urea groups is 1. The van der Waals surface area contributed by atoms with E-state index in [1.54, 1.807) is 35.2 Å². The third-order valence-electron chi connectivity index (χ3n) is 5.45. The van der Waals surface area contributed by atoms with Gasteiger partial charge in [0.15, 0.2) is 0 Å². The minimum atomic E-state index is -4.45. The van der Waals surface area contributed by atoms with Gasteiger partial charge in [0.1, 0.15) is 11.6 Å². The maximum absolute atomic E-state index is 12.7. The van der Waals surface area contributed by atoms with E-state index < -0.39 is 11.7 Å². The molecule has 3 heterocycles. The van der Waals surface area contributed by atoms with Crippen molar-refractivity contribution in [3.8, 4) is 11.6 Å². The molecule has 0 saturated carbocycles. The van der Waals surface area contributed by atoms with E-state index in [1.807, 2.05) is 12.1 Å². The van der Waals surface area contributed by atoms with Crippen LogP contribution in [0.1, 0.15) is 29.5 Å². The Kier molecular flexibility index (Phi) is 7.31. The topological polar surface area (TPSA) is 87.6 Å². The van der Waals surface area contributed by atoms with Crippen molar-refractivity contribution in [2.75, 3.05) is 18.4 Å². The fourth-order valence-electron chi connectivity index (χ4n) is 3.60. The van der Waals surface area contributed by atoms with Gasteiger partial charge in [-0.15, -0.1) is 0 Å². The van der Waals surface area contributed by atoms with Crippen LogP contribution in [0.4, 0.5) is 23.8 Å². The first-order valence-corrected chi connectivity index (χ1v) is 10.9. The summed E-state index contributed by atoms with van der Waals surface area (Å²) < 4.78 is 43.7. The Morgan fingerprint density at radius 2 is 1.91 bits per heavy atom. The average molecular weight is 484 g/mol. The highest BCUT2D eigenvalue weighted by molar-refractivity contribution is 5.88. The molecule has 4 rings (SSSR count). The number of aliphatic hydroxyl groups excluding tert-OH is 1. The standard InChI is InChI=1S/C25H23F3N4O3/c26-25(27,28)20-4-5-23(30-15-20)35-21-3-1-2-18(13-21)12-17-7-10-32(11-8-17)24(34)31-22-14-19(16-33)6-9-29-22/h1-6,9,12-15,33H,7-8,10-11,16H2,(H,29,31,34). The molecule has 35 heavy (non-hydrogen) atoms. The van der Waals surface area contributed by atoms with Gasteiger partial charge in [0.05, 0.1) is 12.2 Å². The number of nitrogens with zero attached hydrogens (tertiary/aromatic N) is 3. The number of anilines is 1. The highest BCUT2D eigenvalue weighted by Gasteiger charge is 2.30. The third-order valence-corrected chi connectivity index (χ3v) is 5.45. The van der Waals surface area contributed by atoms with Crippen molar-refractivity contribution in [3.63, 3.8) is 0 Å². The van der Waals surface area contributed by atoms with E-state index in [9.17, 15) is 23.1 Å². The van der Waals surface area contributed by atoms with Gasteiger partial charge in [-0.05, 0) is 54.3 Å². The molecule has 1 saturated heterocycles. The zero-order valence-electron chi connectivity index (χ0n) is 18.6. The van der Waals surface area contributed by atoms with Gasteiger partial charge in [-0.25, -0.2) is 14.8 Å². The molecule has 10 heteroatoms. The van der Waals surface area contributed by atoms with Crippen LogP contribution in [0.3, 0.4) is 0 Å². The number of rotatable bonds is 5. The number of pyridine rings is 2. The highest BCUT2D eigenvalue weighted by Crippen LogP contribution is 2.30. The lowest BCUT2D eigenvalue weighted by atomic mass is 10.0. The average Bonchev–Trinajstić information content (AvgIpc) is 2.84. The molecule has 2 N–H and O–H groups in total. The van der Waals surface area contributed by atoms with E-state index >= 15 is 0 Å². The maximum Gasteiger partial charge on any atom is 0.417 e. The quantitative estimate of drug-likeness (QED) is 0.500. The number of piperidine rings is 1. The molecule has 182 valence electrons. The van der Waals surface area contributed by atoms with E-state index in [-0.39, 0.29) is 18.5 Å². The van der Waals surface area contributed by atoms with Crippen LogP contribution >= 0.6 is 0 Å². The summed E-state index contributed by atoms with van der Waals surface area (Å²) in [5.41, 5.74) is 1.88. The summed E-state index contributed by atoms with van der Waals surface area (Å²) in [5.74, 6) is 0.921. The van der Waals surface area contributed by atoms with Crippen molar-refractivity contribution in [1.29, 1.82) is 0 Å². The molecule has 0 bridgehead atoms.